The Morgan fingerprint density at radius 2 is 1.89 bits per heavy atom. The smallest absolute Gasteiger partial charge is 0.0927 e. The molecule has 0 amide bonds. The summed E-state index contributed by atoms with van der Waals surface area (Å²) in [5.41, 5.74) is 2.75. The number of nitrogens with one attached hydrogen (secondary N) is 1. The van der Waals surface area contributed by atoms with Crippen molar-refractivity contribution in [1.82, 2.24) is 5.32 Å². The average molecular weight is 242 g/mol. The summed E-state index contributed by atoms with van der Waals surface area (Å²) in [5, 5.41) is 11.9. The van der Waals surface area contributed by atoms with Crippen LogP contribution in [0.25, 0.3) is 0 Å². The average Bonchev–Trinajstić information content (AvgIpc) is 2.46. The zero-order valence-electron chi connectivity index (χ0n) is 11.2. The molecule has 18 heavy (non-hydrogen) atoms. The molecule has 1 atom stereocenters. The van der Waals surface area contributed by atoms with E-state index < -0.39 is 0 Å². The number of hydrogen-bond donors (Lipinski definition) is 1. The van der Waals surface area contributed by atoms with Crippen LogP contribution >= 0.6 is 0 Å². The molecule has 2 heteroatoms. The second-order valence-corrected chi connectivity index (χ2v) is 5.31. The standard InChI is InChI=1S/C16H22N2/c1-13(11-17)18-12-14-7-9-16(10-8-14)15-5-3-2-4-6-15/h7-10,13,15,18H,2-6,12H2,1H3. The largest absolute Gasteiger partial charge is 0.298 e. The third-order valence-electron chi connectivity index (χ3n) is 3.86. The maximum Gasteiger partial charge on any atom is 0.0927 e. The van der Waals surface area contributed by atoms with Gasteiger partial charge in [-0.05, 0) is 36.8 Å². The van der Waals surface area contributed by atoms with E-state index in [-0.39, 0.29) is 6.04 Å². The van der Waals surface area contributed by atoms with Crippen molar-refractivity contribution in [3.05, 3.63) is 35.4 Å². The van der Waals surface area contributed by atoms with Crippen molar-refractivity contribution in [3.8, 4) is 6.07 Å². The van der Waals surface area contributed by atoms with E-state index in [9.17, 15) is 0 Å². The summed E-state index contributed by atoms with van der Waals surface area (Å²) in [7, 11) is 0. The lowest BCUT2D eigenvalue weighted by Crippen LogP contribution is -2.23. The van der Waals surface area contributed by atoms with Crippen molar-refractivity contribution in [2.24, 2.45) is 0 Å². The zero-order chi connectivity index (χ0) is 12.8. The first-order chi connectivity index (χ1) is 8.79. The first-order valence-electron chi connectivity index (χ1n) is 7.01. The monoisotopic (exact) mass is 242 g/mol. The molecular weight excluding hydrogens is 220 g/mol. The van der Waals surface area contributed by atoms with Gasteiger partial charge in [0.1, 0.15) is 0 Å². The Hall–Kier alpha value is -1.33. The SMILES string of the molecule is CC(C#N)NCc1ccc(C2CCCCC2)cc1. The first kappa shape index (κ1) is 13.1. The van der Waals surface area contributed by atoms with Crippen molar-refractivity contribution in [2.75, 3.05) is 0 Å². The van der Waals surface area contributed by atoms with Crippen molar-refractivity contribution in [1.29, 1.82) is 5.26 Å². The van der Waals surface area contributed by atoms with E-state index in [1.807, 2.05) is 6.92 Å². The summed E-state index contributed by atoms with van der Waals surface area (Å²) >= 11 is 0. The van der Waals surface area contributed by atoms with Crippen LogP contribution in [0.1, 0.15) is 56.1 Å². The van der Waals surface area contributed by atoms with Crippen LogP contribution in [0.4, 0.5) is 0 Å². The summed E-state index contributed by atoms with van der Waals surface area (Å²) in [6.07, 6.45) is 6.87. The van der Waals surface area contributed by atoms with Crippen molar-refractivity contribution >= 4 is 0 Å². The maximum atomic E-state index is 8.71. The van der Waals surface area contributed by atoms with Crippen LogP contribution in [0.3, 0.4) is 0 Å². The minimum Gasteiger partial charge on any atom is -0.298 e. The molecule has 1 unspecified atom stereocenters. The van der Waals surface area contributed by atoms with Gasteiger partial charge in [-0.15, -0.1) is 0 Å². The van der Waals surface area contributed by atoms with E-state index in [1.165, 1.54) is 43.2 Å². The van der Waals surface area contributed by atoms with Crippen LogP contribution in [0, 0.1) is 11.3 Å². The highest BCUT2D eigenvalue weighted by Gasteiger charge is 2.14. The molecule has 2 rings (SSSR count). The lowest BCUT2D eigenvalue weighted by atomic mass is 9.84. The molecule has 0 heterocycles. The van der Waals surface area contributed by atoms with Crippen LogP contribution in [0.2, 0.25) is 0 Å². The van der Waals surface area contributed by atoms with Gasteiger partial charge in [-0.3, -0.25) is 5.32 Å². The molecule has 0 bridgehead atoms. The summed E-state index contributed by atoms with van der Waals surface area (Å²) in [4.78, 5) is 0. The normalized spacial score (nSPS) is 18.2. The van der Waals surface area contributed by atoms with Crippen LogP contribution in [-0.2, 0) is 6.54 Å². The molecule has 1 aliphatic carbocycles. The van der Waals surface area contributed by atoms with Gasteiger partial charge >= 0.3 is 0 Å². The third kappa shape index (κ3) is 3.58. The van der Waals surface area contributed by atoms with Crippen LogP contribution in [0.15, 0.2) is 24.3 Å². The van der Waals surface area contributed by atoms with E-state index in [0.29, 0.717) is 0 Å². The Morgan fingerprint density at radius 1 is 1.22 bits per heavy atom. The fourth-order valence-electron chi connectivity index (χ4n) is 2.66. The van der Waals surface area contributed by atoms with Crippen molar-refractivity contribution in [3.63, 3.8) is 0 Å². The topological polar surface area (TPSA) is 35.8 Å². The first-order valence-corrected chi connectivity index (χ1v) is 7.01. The van der Waals surface area contributed by atoms with Gasteiger partial charge in [0.2, 0.25) is 0 Å². The molecule has 96 valence electrons. The number of hydrogen-bond acceptors (Lipinski definition) is 2. The second-order valence-electron chi connectivity index (χ2n) is 5.31. The fraction of sp³-hybridized carbons (Fsp3) is 0.562. The molecule has 1 aromatic carbocycles. The summed E-state index contributed by atoms with van der Waals surface area (Å²) in [5.74, 6) is 0.777. The van der Waals surface area contributed by atoms with Gasteiger partial charge in [0.25, 0.3) is 0 Å². The predicted molar refractivity (Wildman–Crippen MR) is 74.2 cm³/mol. The Bertz CT molecular complexity index is 396. The van der Waals surface area contributed by atoms with Crippen molar-refractivity contribution in [2.45, 2.75) is 57.5 Å². The quantitative estimate of drug-likeness (QED) is 0.873. The summed E-state index contributed by atoms with van der Waals surface area (Å²) in [6.45, 7) is 2.66. The molecule has 0 aliphatic heterocycles. The molecule has 1 N–H and O–H groups in total. The molecule has 2 nitrogen and oxygen atoms in total. The fourth-order valence-corrected chi connectivity index (χ4v) is 2.66. The second kappa shape index (κ2) is 6.56. The van der Waals surface area contributed by atoms with Gasteiger partial charge in [0.15, 0.2) is 0 Å². The lowest BCUT2D eigenvalue weighted by molar-refractivity contribution is 0.443. The van der Waals surface area contributed by atoms with E-state index in [4.69, 9.17) is 5.26 Å². The van der Waals surface area contributed by atoms with E-state index in [1.54, 1.807) is 0 Å². The lowest BCUT2D eigenvalue weighted by Gasteiger charge is -2.22. The number of nitriles is 1. The Morgan fingerprint density at radius 3 is 2.50 bits per heavy atom. The molecule has 0 spiro atoms. The Balaban J connectivity index is 1.90. The van der Waals surface area contributed by atoms with Gasteiger partial charge in [-0.1, -0.05) is 43.5 Å². The minimum atomic E-state index is -0.0805. The van der Waals surface area contributed by atoms with Crippen molar-refractivity contribution < 1.29 is 0 Å². The van der Waals surface area contributed by atoms with Crippen LogP contribution < -0.4 is 5.32 Å². The van der Waals surface area contributed by atoms with Gasteiger partial charge in [-0.2, -0.15) is 5.26 Å². The number of benzene rings is 1. The Labute approximate surface area is 110 Å². The maximum absolute atomic E-state index is 8.71. The minimum absolute atomic E-state index is 0.0805. The predicted octanol–water partition coefficient (Wildman–Crippen LogP) is 3.74. The molecule has 1 fully saturated rings. The molecule has 0 saturated heterocycles. The zero-order valence-corrected chi connectivity index (χ0v) is 11.2. The molecule has 1 saturated carbocycles. The summed E-state index contributed by atoms with van der Waals surface area (Å²) < 4.78 is 0. The van der Waals surface area contributed by atoms with Gasteiger partial charge in [-0.25, -0.2) is 0 Å². The number of rotatable bonds is 4. The third-order valence-corrected chi connectivity index (χ3v) is 3.86. The molecule has 0 radical (unpaired) electrons. The summed E-state index contributed by atoms with van der Waals surface area (Å²) in [6, 6.07) is 11.0. The molecular formula is C16H22N2. The Kier molecular flexibility index (Phi) is 4.78. The van der Waals surface area contributed by atoms with Gasteiger partial charge in [0, 0.05) is 6.54 Å². The van der Waals surface area contributed by atoms with Gasteiger partial charge in [0.05, 0.1) is 12.1 Å². The highest BCUT2D eigenvalue weighted by atomic mass is 14.9. The number of nitrogens with zero attached hydrogens (tertiary/aromatic N) is 1. The molecule has 0 aromatic heterocycles. The van der Waals surface area contributed by atoms with Crippen LogP contribution in [0.5, 0.6) is 0 Å². The van der Waals surface area contributed by atoms with E-state index in [2.05, 4.69) is 35.7 Å². The van der Waals surface area contributed by atoms with E-state index >= 15 is 0 Å². The molecule has 1 aromatic rings. The van der Waals surface area contributed by atoms with Gasteiger partial charge < -0.3 is 0 Å². The highest BCUT2D eigenvalue weighted by Crippen LogP contribution is 2.32. The van der Waals surface area contributed by atoms with Crippen LogP contribution in [-0.4, -0.2) is 6.04 Å². The molecule has 1 aliphatic rings. The highest BCUT2D eigenvalue weighted by molar-refractivity contribution is 5.25. The van der Waals surface area contributed by atoms with E-state index in [0.717, 1.165) is 12.5 Å².